The monoisotopic (exact) mass is 264 g/mol. The largest absolute Gasteiger partial charge is 0.339 e. The van der Waals surface area contributed by atoms with Gasteiger partial charge in [0.15, 0.2) is 6.67 Å². The number of nitrogens with one attached hydrogen (secondary N) is 1. The second-order valence-electron chi connectivity index (χ2n) is 5.00. The number of amides is 1. The first-order chi connectivity index (χ1) is 9.29. The van der Waals surface area contributed by atoms with Gasteiger partial charge in [-0.05, 0) is 31.4 Å². The molecule has 4 heteroatoms. The van der Waals surface area contributed by atoms with E-state index in [0.717, 1.165) is 25.8 Å². The molecule has 1 atom stereocenters. The average Bonchev–Trinajstić information content (AvgIpc) is 2.96. The van der Waals surface area contributed by atoms with Crippen LogP contribution in [0, 0.1) is 0 Å². The molecule has 0 radical (unpaired) electrons. The van der Waals surface area contributed by atoms with Gasteiger partial charge in [0, 0.05) is 19.1 Å². The van der Waals surface area contributed by atoms with Gasteiger partial charge < -0.3 is 10.2 Å². The molecule has 0 aromatic heterocycles. The molecule has 1 aromatic rings. The van der Waals surface area contributed by atoms with E-state index in [2.05, 4.69) is 5.32 Å². The molecule has 0 bridgehead atoms. The lowest BCUT2D eigenvalue weighted by Gasteiger charge is -2.25. The normalized spacial score (nSPS) is 18.5. The van der Waals surface area contributed by atoms with Crippen LogP contribution in [-0.4, -0.2) is 43.2 Å². The van der Waals surface area contributed by atoms with E-state index < -0.39 is 12.6 Å². The van der Waals surface area contributed by atoms with Gasteiger partial charge in [0.05, 0.1) is 0 Å². The van der Waals surface area contributed by atoms with Crippen molar-refractivity contribution in [3.05, 3.63) is 35.9 Å². The third kappa shape index (κ3) is 4.31. The maximum absolute atomic E-state index is 12.6. The van der Waals surface area contributed by atoms with Gasteiger partial charge in [0.1, 0.15) is 0 Å². The second kappa shape index (κ2) is 7.24. The van der Waals surface area contributed by atoms with Crippen LogP contribution in [0.4, 0.5) is 4.39 Å². The Hall–Kier alpha value is -1.42. The average molecular weight is 264 g/mol. The summed E-state index contributed by atoms with van der Waals surface area (Å²) in [6, 6.07) is 10.3. The lowest BCUT2D eigenvalue weighted by Crippen LogP contribution is -2.42. The van der Waals surface area contributed by atoms with Crippen LogP contribution in [0.5, 0.6) is 0 Å². The van der Waals surface area contributed by atoms with E-state index in [1.54, 1.807) is 4.90 Å². The Morgan fingerprint density at radius 2 is 2.16 bits per heavy atom. The molecule has 1 aliphatic heterocycles. The van der Waals surface area contributed by atoms with Crippen molar-refractivity contribution in [1.82, 2.24) is 10.2 Å². The molecule has 0 saturated carbocycles. The fourth-order valence-electron chi connectivity index (χ4n) is 2.49. The van der Waals surface area contributed by atoms with Crippen LogP contribution in [-0.2, 0) is 11.2 Å². The first kappa shape index (κ1) is 14.0. The van der Waals surface area contributed by atoms with Crippen LogP contribution < -0.4 is 5.32 Å². The minimum Gasteiger partial charge on any atom is -0.339 e. The van der Waals surface area contributed by atoms with Crippen LogP contribution in [0.3, 0.4) is 0 Å². The first-order valence-electron chi connectivity index (χ1n) is 6.90. The molecule has 19 heavy (non-hydrogen) atoms. The molecule has 1 N–H and O–H groups in total. The van der Waals surface area contributed by atoms with Gasteiger partial charge in [0.2, 0.25) is 0 Å². The number of benzene rings is 1. The number of carbonyl (C=O) groups is 1. The molecule has 1 aromatic carbocycles. The van der Waals surface area contributed by atoms with Gasteiger partial charge in [-0.2, -0.15) is 0 Å². The van der Waals surface area contributed by atoms with Crippen molar-refractivity contribution in [2.45, 2.75) is 25.3 Å². The molecule has 0 spiro atoms. The summed E-state index contributed by atoms with van der Waals surface area (Å²) in [6.07, 6.45) is 2.99. The third-order valence-corrected chi connectivity index (χ3v) is 3.58. The minimum atomic E-state index is -0.901. The third-order valence-electron chi connectivity index (χ3n) is 3.58. The zero-order chi connectivity index (χ0) is 13.5. The highest BCUT2D eigenvalue weighted by molar-refractivity contribution is 5.77. The number of nitrogens with zero attached hydrogens (tertiary/aromatic N) is 1. The zero-order valence-electron chi connectivity index (χ0n) is 11.1. The minimum absolute atomic E-state index is 0.325. The van der Waals surface area contributed by atoms with Gasteiger partial charge in [-0.3, -0.25) is 4.79 Å². The first-order valence-corrected chi connectivity index (χ1v) is 6.90. The number of alkyl halides is 1. The summed E-state index contributed by atoms with van der Waals surface area (Å²) in [4.78, 5) is 13.3. The van der Waals surface area contributed by atoms with Crippen molar-refractivity contribution >= 4 is 5.91 Å². The number of hydrogen-bond acceptors (Lipinski definition) is 2. The predicted octanol–water partition coefficient (Wildman–Crippen LogP) is 1.78. The summed E-state index contributed by atoms with van der Waals surface area (Å²) in [6.45, 7) is 1.31. The van der Waals surface area contributed by atoms with E-state index in [1.807, 2.05) is 30.3 Å². The Morgan fingerprint density at radius 3 is 2.79 bits per heavy atom. The van der Waals surface area contributed by atoms with Crippen LogP contribution in [0.2, 0.25) is 0 Å². The molecule has 2 rings (SSSR count). The van der Waals surface area contributed by atoms with E-state index in [1.165, 1.54) is 5.56 Å². The zero-order valence-corrected chi connectivity index (χ0v) is 11.1. The lowest BCUT2D eigenvalue weighted by molar-refractivity contribution is -0.132. The van der Waals surface area contributed by atoms with Crippen molar-refractivity contribution < 1.29 is 9.18 Å². The number of hydrogen-bond donors (Lipinski definition) is 1. The Balaban J connectivity index is 1.88. The van der Waals surface area contributed by atoms with E-state index in [4.69, 9.17) is 0 Å². The Morgan fingerprint density at radius 1 is 1.37 bits per heavy atom. The molecule has 1 aliphatic rings. The molecule has 1 fully saturated rings. The molecule has 1 heterocycles. The predicted molar refractivity (Wildman–Crippen MR) is 73.7 cm³/mol. The van der Waals surface area contributed by atoms with E-state index >= 15 is 0 Å². The Bertz CT molecular complexity index is 390. The van der Waals surface area contributed by atoms with E-state index in [9.17, 15) is 9.18 Å². The molecule has 1 saturated heterocycles. The Labute approximate surface area is 113 Å². The molecular formula is C15H21FN2O. The summed E-state index contributed by atoms with van der Waals surface area (Å²) in [5.74, 6) is -0.398. The van der Waals surface area contributed by atoms with Crippen molar-refractivity contribution in [3.63, 3.8) is 0 Å². The van der Waals surface area contributed by atoms with E-state index in [-0.39, 0.29) is 0 Å². The number of halogens is 1. The van der Waals surface area contributed by atoms with Crippen molar-refractivity contribution in [2.24, 2.45) is 0 Å². The molecule has 0 aliphatic carbocycles. The maximum atomic E-state index is 12.6. The standard InChI is InChI=1S/C15H21FN2O/c16-11-15(19)18(12-14-7-4-9-17-14)10-8-13-5-2-1-3-6-13/h1-3,5-6,14,17H,4,7-12H2/t14-/m0/s1. The second-order valence-corrected chi connectivity index (χ2v) is 5.00. The highest BCUT2D eigenvalue weighted by Crippen LogP contribution is 2.09. The fourth-order valence-corrected chi connectivity index (χ4v) is 2.49. The SMILES string of the molecule is O=C(CF)N(CCc1ccccc1)C[C@@H]1CCCN1. The highest BCUT2D eigenvalue weighted by atomic mass is 19.1. The lowest BCUT2D eigenvalue weighted by atomic mass is 10.1. The summed E-state index contributed by atoms with van der Waals surface area (Å²) in [7, 11) is 0. The van der Waals surface area contributed by atoms with Crippen molar-refractivity contribution in [2.75, 3.05) is 26.3 Å². The molecule has 3 nitrogen and oxygen atoms in total. The topological polar surface area (TPSA) is 32.3 Å². The highest BCUT2D eigenvalue weighted by Gasteiger charge is 2.21. The quantitative estimate of drug-likeness (QED) is 0.849. The summed E-state index contributed by atoms with van der Waals surface area (Å²) < 4.78 is 12.6. The van der Waals surface area contributed by atoms with Crippen molar-refractivity contribution in [3.8, 4) is 0 Å². The van der Waals surface area contributed by atoms with Gasteiger partial charge in [0.25, 0.3) is 5.91 Å². The Kier molecular flexibility index (Phi) is 5.33. The number of rotatable bonds is 6. The van der Waals surface area contributed by atoms with Gasteiger partial charge in [-0.15, -0.1) is 0 Å². The van der Waals surface area contributed by atoms with Crippen LogP contribution in [0.25, 0.3) is 0 Å². The summed E-state index contributed by atoms with van der Waals surface area (Å²) in [5, 5.41) is 3.35. The molecule has 104 valence electrons. The molecular weight excluding hydrogens is 243 g/mol. The van der Waals surface area contributed by atoms with Crippen molar-refractivity contribution in [1.29, 1.82) is 0 Å². The summed E-state index contributed by atoms with van der Waals surface area (Å²) >= 11 is 0. The molecule has 0 unspecified atom stereocenters. The summed E-state index contributed by atoms with van der Waals surface area (Å²) in [5.41, 5.74) is 1.18. The van der Waals surface area contributed by atoms with Gasteiger partial charge >= 0.3 is 0 Å². The van der Waals surface area contributed by atoms with Crippen LogP contribution in [0.1, 0.15) is 18.4 Å². The van der Waals surface area contributed by atoms with Gasteiger partial charge in [-0.25, -0.2) is 4.39 Å². The van der Waals surface area contributed by atoms with Gasteiger partial charge in [-0.1, -0.05) is 30.3 Å². The number of carbonyl (C=O) groups excluding carboxylic acids is 1. The van der Waals surface area contributed by atoms with Crippen LogP contribution in [0.15, 0.2) is 30.3 Å². The van der Waals surface area contributed by atoms with E-state index in [0.29, 0.717) is 19.1 Å². The maximum Gasteiger partial charge on any atom is 0.254 e. The smallest absolute Gasteiger partial charge is 0.254 e. The van der Waals surface area contributed by atoms with Crippen LogP contribution >= 0.6 is 0 Å². The molecule has 1 amide bonds. The fraction of sp³-hybridized carbons (Fsp3) is 0.533.